The van der Waals surface area contributed by atoms with E-state index in [2.05, 4.69) is 22.5 Å². The zero-order chi connectivity index (χ0) is 18.8. The Balaban J connectivity index is 1.60. The van der Waals surface area contributed by atoms with Gasteiger partial charge in [0.2, 0.25) is 0 Å². The zero-order valence-corrected chi connectivity index (χ0v) is 15.4. The van der Waals surface area contributed by atoms with Crippen LogP contribution in [0.5, 0.6) is 0 Å². The molecule has 1 aliphatic heterocycles. The molecule has 138 valence electrons. The van der Waals surface area contributed by atoms with E-state index in [-0.39, 0.29) is 6.03 Å². The Bertz CT molecular complexity index is 957. The van der Waals surface area contributed by atoms with Gasteiger partial charge >= 0.3 is 6.03 Å². The topological polar surface area (TPSA) is 88.5 Å². The van der Waals surface area contributed by atoms with Gasteiger partial charge in [0.15, 0.2) is 5.65 Å². The van der Waals surface area contributed by atoms with Gasteiger partial charge in [-0.2, -0.15) is 9.61 Å². The summed E-state index contributed by atoms with van der Waals surface area (Å²) in [5.74, 6) is 1.27. The van der Waals surface area contributed by atoms with Crippen LogP contribution >= 0.6 is 0 Å². The lowest BCUT2D eigenvalue weighted by Gasteiger charge is -2.31. The monoisotopic (exact) mass is 362 g/mol. The number of carbonyl (C=O) groups is 1. The lowest BCUT2D eigenvalue weighted by Crippen LogP contribution is -2.44. The Kier molecular flexibility index (Phi) is 4.70. The zero-order valence-electron chi connectivity index (χ0n) is 15.4. The number of anilines is 1. The number of primary amides is 1. The average Bonchev–Trinajstić information content (AvgIpc) is 3.08. The van der Waals surface area contributed by atoms with Crippen molar-refractivity contribution in [3.63, 3.8) is 0 Å². The van der Waals surface area contributed by atoms with Gasteiger partial charge in [-0.25, -0.2) is 9.78 Å². The van der Waals surface area contributed by atoms with Crippen molar-refractivity contribution in [2.75, 3.05) is 25.0 Å². The normalized spacial score (nSPS) is 17.2. The Morgan fingerprint density at radius 2 is 2.15 bits per heavy atom. The van der Waals surface area contributed by atoms with Crippen LogP contribution in [0, 0.1) is 5.92 Å². The number of nitrogens with one attached hydrogen (secondary N) is 1. The largest absolute Gasteiger partial charge is 0.370 e. The molecule has 3 aromatic rings. The van der Waals surface area contributed by atoms with E-state index in [0.29, 0.717) is 12.5 Å². The fourth-order valence-corrected chi connectivity index (χ4v) is 3.64. The van der Waals surface area contributed by atoms with E-state index < -0.39 is 0 Å². The van der Waals surface area contributed by atoms with E-state index in [4.69, 9.17) is 10.7 Å². The van der Waals surface area contributed by atoms with Crippen molar-refractivity contribution in [1.82, 2.24) is 19.5 Å². The predicted molar refractivity (Wildman–Crippen MR) is 109 cm³/mol. The molecule has 2 amide bonds. The third-order valence-electron chi connectivity index (χ3n) is 5.12. The number of aromatic nitrogens is 3. The van der Waals surface area contributed by atoms with E-state index in [1.165, 1.54) is 0 Å². The standard InChI is InChI=1S/C19H23BN6O/c20-15-11-23-26-17(22-10-13-5-4-8-25(12-13)19(21)27)9-16(24-18(15)26)14-6-2-1-3-7-14/h1-3,6-7,9,11,13,22H,4-5,8,10,12,20H2,(H2,21,27). The predicted octanol–water partition coefficient (Wildman–Crippen LogP) is 0.857. The molecule has 3 heterocycles. The van der Waals surface area contributed by atoms with Gasteiger partial charge in [-0.15, -0.1) is 0 Å². The summed E-state index contributed by atoms with van der Waals surface area (Å²) in [6.07, 6.45) is 3.89. The molecule has 0 aliphatic carbocycles. The fraction of sp³-hybridized carbons (Fsp3) is 0.316. The van der Waals surface area contributed by atoms with Crippen LogP contribution in [-0.4, -0.2) is 53.0 Å². The number of nitrogens with zero attached hydrogens (tertiary/aromatic N) is 4. The Morgan fingerprint density at radius 3 is 2.93 bits per heavy atom. The Morgan fingerprint density at radius 1 is 1.33 bits per heavy atom. The number of piperidine rings is 1. The van der Waals surface area contributed by atoms with Gasteiger partial charge < -0.3 is 16.0 Å². The molecule has 1 unspecified atom stereocenters. The number of carbonyl (C=O) groups excluding carboxylic acids is 1. The summed E-state index contributed by atoms with van der Waals surface area (Å²) in [4.78, 5) is 18.0. The first-order valence-electron chi connectivity index (χ1n) is 9.31. The molecular weight excluding hydrogens is 339 g/mol. The Hall–Kier alpha value is -3.03. The van der Waals surface area contributed by atoms with Crippen LogP contribution in [0.2, 0.25) is 0 Å². The molecule has 1 fully saturated rings. The summed E-state index contributed by atoms with van der Waals surface area (Å²) in [5.41, 5.74) is 9.31. The molecule has 1 saturated heterocycles. The number of hydrogen-bond acceptors (Lipinski definition) is 4. The van der Waals surface area contributed by atoms with E-state index in [1.54, 1.807) is 4.90 Å². The molecule has 1 aromatic carbocycles. The van der Waals surface area contributed by atoms with E-state index in [0.717, 1.165) is 54.1 Å². The molecular formula is C19H23BN6O. The van der Waals surface area contributed by atoms with Gasteiger partial charge in [0, 0.05) is 37.5 Å². The number of nitrogens with two attached hydrogens (primary N) is 1. The van der Waals surface area contributed by atoms with Crippen molar-refractivity contribution < 1.29 is 4.79 Å². The number of urea groups is 1. The quantitative estimate of drug-likeness (QED) is 0.674. The highest BCUT2D eigenvalue weighted by Crippen LogP contribution is 2.22. The van der Waals surface area contributed by atoms with Crippen LogP contribution in [0.1, 0.15) is 12.8 Å². The van der Waals surface area contributed by atoms with Gasteiger partial charge in [-0.1, -0.05) is 30.3 Å². The minimum absolute atomic E-state index is 0.333. The van der Waals surface area contributed by atoms with Crippen molar-refractivity contribution in [3.8, 4) is 11.3 Å². The maximum atomic E-state index is 11.5. The number of amides is 2. The van der Waals surface area contributed by atoms with Crippen molar-refractivity contribution in [3.05, 3.63) is 42.6 Å². The molecule has 0 bridgehead atoms. The minimum atomic E-state index is -0.333. The molecule has 0 spiro atoms. The molecule has 7 nitrogen and oxygen atoms in total. The molecule has 8 heteroatoms. The van der Waals surface area contributed by atoms with Crippen LogP contribution < -0.4 is 16.5 Å². The smallest absolute Gasteiger partial charge is 0.314 e. The molecule has 1 aliphatic rings. The highest BCUT2D eigenvalue weighted by Gasteiger charge is 2.22. The number of rotatable bonds is 4. The number of fused-ring (bicyclic) bond motifs is 1. The van der Waals surface area contributed by atoms with Gasteiger partial charge in [0.25, 0.3) is 0 Å². The third-order valence-corrected chi connectivity index (χ3v) is 5.12. The van der Waals surface area contributed by atoms with Crippen LogP contribution in [0.25, 0.3) is 16.9 Å². The first-order chi connectivity index (χ1) is 13.1. The summed E-state index contributed by atoms with van der Waals surface area (Å²) >= 11 is 0. The first-order valence-corrected chi connectivity index (χ1v) is 9.31. The second-order valence-electron chi connectivity index (χ2n) is 7.13. The van der Waals surface area contributed by atoms with Crippen LogP contribution in [0.4, 0.5) is 10.6 Å². The van der Waals surface area contributed by atoms with Crippen molar-refractivity contribution in [1.29, 1.82) is 0 Å². The SMILES string of the molecule is Bc1cnn2c(NCC3CCCN(C(N)=O)C3)cc(-c3ccccc3)nc12. The molecule has 0 radical (unpaired) electrons. The second kappa shape index (κ2) is 7.30. The van der Waals surface area contributed by atoms with Crippen LogP contribution in [0.3, 0.4) is 0 Å². The number of likely N-dealkylation sites (tertiary alicyclic amines) is 1. The second-order valence-corrected chi connectivity index (χ2v) is 7.13. The molecule has 4 rings (SSSR count). The van der Waals surface area contributed by atoms with Gasteiger partial charge in [-0.05, 0) is 24.2 Å². The van der Waals surface area contributed by atoms with Gasteiger partial charge in [0.1, 0.15) is 13.7 Å². The maximum Gasteiger partial charge on any atom is 0.314 e. The first kappa shape index (κ1) is 17.4. The van der Waals surface area contributed by atoms with E-state index in [1.807, 2.05) is 42.8 Å². The highest BCUT2D eigenvalue weighted by molar-refractivity contribution is 6.36. The van der Waals surface area contributed by atoms with E-state index >= 15 is 0 Å². The summed E-state index contributed by atoms with van der Waals surface area (Å²) in [6.45, 7) is 2.21. The summed E-state index contributed by atoms with van der Waals surface area (Å²) in [5, 5.41) is 7.99. The maximum absolute atomic E-state index is 11.5. The molecule has 27 heavy (non-hydrogen) atoms. The highest BCUT2D eigenvalue weighted by atomic mass is 16.2. The minimum Gasteiger partial charge on any atom is -0.370 e. The summed E-state index contributed by atoms with van der Waals surface area (Å²) < 4.78 is 1.84. The molecule has 1 atom stereocenters. The molecule has 0 saturated carbocycles. The lowest BCUT2D eigenvalue weighted by molar-refractivity contribution is 0.177. The third kappa shape index (κ3) is 3.60. The van der Waals surface area contributed by atoms with Gasteiger partial charge in [-0.3, -0.25) is 0 Å². The summed E-state index contributed by atoms with van der Waals surface area (Å²) in [6, 6.07) is 11.8. The van der Waals surface area contributed by atoms with Crippen LogP contribution in [-0.2, 0) is 0 Å². The van der Waals surface area contributed by atoms with E-state index in [9.17, 15) is 4.79 Å². The number of hydrogen-bond donors (Lipinski definition) is 2. The van der Waals surface area contributed by atoms with Crippen LogP contribution in [0.15, 0.2) is 42.6 Å². The van der Waals surface area contributed by atoms with Crippen molar-refractivity contribution in [2.45, 2.75) is 12.8 Å². The Labute approximate surface area is 159 Å². The fourth-order valence-electron chi connectivity index (χ4n) is 3.64. The summed E-state index contributed by atoms with van der Waals surface area (Å²) in [7, 11) is 2.01. The van der Waals surface area contributed by atoms with Crippen molar-refractivity contribution >= 4 is 30.8 Å². The molecule has 2 aromatic heterocycles. The molecule has 3 N–H and O–H groups in total. The lowest BCUT2D eigenvalue weighted by atomic mass is 9.98. The van der Waals surface area contributed by atoms with Gasteiger partial charge in [0.05, 0.1) is 5.69 Å². The average molecular weight is 362 g/mol. The number of benzene rings is 1. The van der Waals surface area contributed by atoms with Crippen molar-refractivity contribution in [2.24, 2.45) is 11.7 Å².